The molecule has 1 aliphatic rings. The quantitative estimate of drug-likeness (QED) is 0.494. The molecule has 4 heterocycles. The highest BCUT2D eigenvalue weighted by molar-refractivity contribution is 5.98. The number of hydrogen-bond acceptors (Lipinski definition) is 5. The van der Waals surface area contributed by atoms with Crippen LogP contribution in [0.3, 0.4) is 0 Å². The molecule has 6 nitrogen and oxygen atoms in total. The van der Waals surface area contributed by atoms with Crippen molar-refractivity contribution in [3.63, 3.8) is 0 Å². The van der Waals surface area contributed by atoms with E-state index in [0.717, 1.165) is 52.8 Å². The number of fused-ring (bicyclic) bond motifs is 2. The van der Waals surface area contributed by atoms with Gasteiger partial charge in [0.05, 0.1) is 18.3 Å². The van der Waals surface area contributed by atoms with Gasteiger partial charge in [0.25, 0.3) is 0 Å². The highest BCUT2D eigenvalue weighted by atomic mass is 16.1. The smallest absolute Gasteiger partial charge is 0.168 e. The van der Waals surface area contributed by atoms with E-state index < -0.39 is 0 Å². The Balaban J connectivity index is 1.41. The number of Topliss-reactive ketones (excluding diaryl/α,β-unsaturated/α-hetero) is 1. The molecule has 0 spiro atoms. The van der Waals surface area contributed by atoms with Crippen molar-refractivity contribution < 1.29 is 4.79 Å². The van der Waals surface area contributed by atoms with Crippen LogP contribution in [0.1, 0.15) is 27.2 Å². The molecule has 0 saturated heterocycles. The standard InChI is InChI=1S/C24H23N5O/c1-28-6-5-16-3-4-17(7-19(16)14-28)24(30)10-22-8-18-9-23(21-13-27-29(2)15-21)26-12-20(18)11-25-22/h3-4,7-9,11-13,15H,5-6,10,14H2,1-2H3. The molecular weight excluding hydrogens is 374 g/mol. The van der Waals surface area contributed by atoms with Crippen molar-refractivity contribution in [2.24, 2.45) is 7.05 Å². The van der Waals surface area contributed by atoms with E-state index in [-0.39, 0.29) is 12.2 Å². The van der Waals surface area contributed by atoms with E-state index in [4.69, 9.17) is 0 Å². The first-order chi connectivity index (χ1) is 14.5. The Morgan fingerprint density at radius 2 is 1.87 bits per heavy atom. The minimum atomic E-state index is 0.0967. The van der Waals surface area contributed by atoms with Crippen LogP contribution < -0.4 is 0 Å². The van der Waals surface area contributed by atoms with Crippen molar-refractivity contribution in [1.29, 1.82) is 0 Å². The van der Waals surface area contributed by atoms with Gasteiger partial charge < -0.3 is 4.90 Å². The second-order valence-electron chi connectivity index (χ2n) is 8.07. The summed E-state index contributed by atoms with van der Waals surface area (Å²) in [6, 6.07) is 10.1. The number of likely N-dealkylation sites (N-methyl/N-ethyl adjacent to an activating group) is 1. The Morgan fingerprint density at radius 1 is 1.00 bits per heavy atom. The molecule has 30 heavy (non-hydrogen) atoms. The van der Waals surface area contributed by atoms with Gasteiger partial charge >= 0.3 is 0 Å². The average molecular weight is 397 g/mol. The second kappa shape index (κ2) is 7.46. The van der Waals surface area contributed by atoms with Gasteiger partial charge in [0.2, 0.25) is 0 Å². The molecule has 0 fully saturated rings. The number of carbonyl (C=O) groups is 1. The monoisotopic (exact) mass is 397 g/mol. The van der Waals surface area contributed by atoms with Crippen molar-refractivity contribution >= 4 is 16.6 Å². The van der Waals surface area contributed by atoms with Crippen molar-refractivity contribution in [2.45, 2.75) is 19.4 Å². The number of hydrogen-bond donors (Lipinski definition) is 0. The molecule has 1 aliphatic heterocycles. The van der Waals surface area contributed by atoms with Crippen molar-refractivity contribution in [1.82, 2.24) is 24.6 Å². The van der Waals surface area contributed by atoms with Gasteiger partial charge in [-0.15, -0.1) is 0 Å². The molecule has 0 N–H and O–H groups in total. The summed E-state index contributed by atoms with van der Waals surface area (Å²) in [6.07, 6.45) is 8.67. The number of benzene rings is 1. The van der Waals surface area contributed by atoms with Gasteiger partial charge in [0.15, 0.2) is 5.78 Å². The van der Waals surface area contributed by atoms with Crippen LogP contribution in [0, 0.1) is 0 Å². The fraction of sp³-hybridized carbons (Fsp3) is 0.250. The maximum atomic E-state index is 12.9. The number of ketones is 1. The van der Waals surface area contributed by atoms with Crippen LogP contribution in [0.25, 0.3) is 22.0 Å². The highest BCUT2D eigenvalue weighted by Crippen LogP contribution is 2.23. The normalized spacial score (nSPS) is 14.1. The van der Waals surface area contributed by atoms with E-state index in [9.17, 15) is 4.79 Å². The first-order valence-electron chi connectivity index (χ1n) is 10.1. The summed E-state index contributed by atoms with van der Waals surface area (Å²) in [7, 11) is 4.00. The summed E-state index contributed by atoms with van der Waals surface area (Å²) < 4.78 is 1.76. The fourth-order valence-electron chi connectivity index (χ4n) is 4.03. The fourth-order valence-corrected chi connectivity index (χ4v) is 4.03. The van der Waals surface area contributed by atoms with Gasteiger partial charge in [-0.25, -0.2) is 0 Å². The maximum Gasteiger partial charge on any atom is 0.168 e. The lowest BCUT2D eigenvalue weighted by molar-refractivity contribution is 0.0991. The Morgan fingerprint density at radius 3 is 2.70 bits per heavy atom. The largest absolute Gasteiger partial charge is 0.302 e. The number of rotatable bonds is 4. The van der Waals surface area contributed by atoms with Gasteiger partial charge in [-0.2, -0.15) is 5.10 Å². The minimum absolute atomic E-state index is 0.0967. The van der Waals surface area contributed by atoms with Crippen LogP contribution >= 0.6 is 0 Å². The van der Waals surface area contributed by atoms with Crippen LogP contribution in [0.5, 0.6) is 0 Å². The first kappa shape index (κ1) is 18.6. The van der Waals surface area contributed by atoms with E-state index in [2.05, 4.69) is 39.1 Å². The average Bonchev–Trinajstić information content (AvgIpc) is 3.19. The molecule has 0 atom stereocenters. The van der Waals surface area contributed by atoms with Crippen LogP contribution in [0.4, 0.5) is 0 Å². The Kier molecular flexibility index (Phi) is 4.64. The van der Waals surface area contributed by atoms with Gasteiger partial charge in [-0.1, -0.05) is 12.1 Å². The summed E-state index contributed by atoms with van der Waals surface area (Å²) >= 11 is 0. The zero-order chi connectivity index (χ0) is 20.7. The number of aryl methyl sites for hydroxylation is 1. The third kappa shape index (κ3) is 3.62. The Bertz CT molecular complexity index is 1260. The highest BCUT2D eigenvalue weighted by Gasteiger charge is 2.16. The third-order valence-corrected chi connectivity index (χ3v) is 5.73. The molecule has 5 rings (SSSR count). The molecule has 0 amide bonds. The van der Waals surface area contributed by atoms with Gasteiger partial charge in [0.1, 0.15) is 0 Å². The number of aromatic nitrogens is 4. The molecular formula is C24H23N5O. The lowest BCUT2D eigenvalue weighted by atomic mass is 9.95. The summed E-state index contributed by atoms with van der Waals surface area (Å²) in [6.45, 7) is 1.96. The summed E-state index contributed by atoms with van der Waals surface area (Å²) in [4.78, 5) is 24.2. The van der Waals surface area contributed by atoms with Crippen LogP contribution in [0.15, 0.2) is 55.1 Å². The van der Waals surface area contributed by atoms with Crippen LogP contribution in [-0.2, 0) is 26.4 Å². The van der Waals surface area contributed by atoms with Gasteiger partial charge in [-0.05, 0) is 48.2 Å². The molecule has 150 valence electrons. The summed E-state index contributed by atoms with van der Waals surface area (Å²) in [5.41, 5.74) is 5.96. The molecule has 3 aromatic heterocycles. The zero-order valence-electron chi connectivity index (χ0n) is 17.2. The molecule has 0 radical (unpaired) electrons. The number of carbonyl (C=O) groups excluding carboxylic acids is 1. The predicted molar refractivity (Wildman–Crippen MR) is 116 cm³/mol. The van der Waals surface area contributed by atoms with E-state index in [1.807, 2.05) is 37.6 Å². The van der Waals surface area contributed by atoms with E-state index in [1.54, 1.807) is 17.1 Å². The van der Waals surface area contributed by atoms with Gasteiger partial charge in [-0.3, -0.25) is 19.4 Å². The first-order valence-corrected chi connectivity index (χ1v) is 10.1. The molecule has 0 aliphatic carbocycles. The van der Waals surface area contributed by atoms with Crippen LogP contribution in [0.2, 0.25) is 0 Å². The lowest BCUT2D eigenvalue weighted by Crippen LogP contribution is -2.26. The summed E-state index contributed by atoms with van der Waals surface area (Å²) in [5.74, 6) is 0.0967. The second-order valence-corrected chi connectivity index (χ2v) is 8.07. The zero-order valence-corrected chi connectivity index (χ0v) is 17.2. The van der Waals surface area contributed by atoms with Gasteiger partial charge in [0, 0.05) is 60.9 Å². The van der Waals surface area contributed by atoms with Crippen LogP contribution in [-0.4, -0.2) is 44.0 Å². The molecule has 0 unspecified atom stereocenters. The molecule has 4 aromatic rings. The number of nitrogens with zero attached hydrogens (tertiary/aromatic N) is 5. The van der Waals surface area contributed by atoms with E-state index in [1.165, 1.54) is 11.1 Å². The Hall–Kier alpha value is -3.38. The minimum Gasteiger partial charge on any atom is -0.302 e. The molecule has 1 aromatic carbocycles. The molecule has 0 bridgehead atoms. The van der Waals surface area contributed by atoms with Crippen molar-refractivity contribution in [3.05, 3.63) is 77.5 Å². The SMILES string of the molecule is CN1CCc2ccc(C(=O)Cc3cc4cc(-c5cnn(C)c5)ncc4cn3)cc2C1. The topological polar surface area (TPSA) is 63.9 Å². The number of pyridine rings is 2. The molecule has 0 saturated carbocycles. The molecule has 6 heteroatoms. The maximum absolute atomic E-state index is 12.9. The predicted octanol–water partition coefficient (Wildman–Crippen LogP) is 3.44. The van der Waals surface area contributed by atoms with Crippen molar-refractivity contribution in [3.8, 4) is 11.3 Å². The lowest BCUT2D eigenvalue weighted by Gasteiger charge is -2.25. The third-order valence-electron chi connectivity index (χ3n) is 5.73. The van der Waals surface area contributed by atoms with Crippen molar-refractivity contribution in [2.75, 3.05) is 13.6 Å². The Labute approximate surface area is 175 Å². The van der Waals surface area contributed by atoms with E-state index in [0.29, 0.717) is 0 Å². The summed E-state index contributed by atoms with van der Waals surface area (Å²) in [5, 5.41) is 6.19. The van der Waals surface area contributed by atoms with E-state index >= 15 is 0 Å².